The van der Waals surface area contributed by atoms with Crippen LogP contribution in [0.5, 0.6) is 0 Å². The highest BCUT2D eigenvalue weighted by molar-refractivity contribution is 7.09. The van der Waals surface area contributed by atoms with E-state index in [0.29, 0.717) is 6.54 Å². The van der Waals surface area contributed by atoms with Crippen LogP contribution in [0.4, 0.5) is 11.4 Å². The van der Waals surface area contributed by atoms with E-state index in [1.165, 1.54) is 6.07 Å². The van der Waals surface area contributed by atoms with E-state index in [1.807, 2.05) is 19.2 Å². The van der Waals surface area contributed by atoms with Gasteiger partial charge in [-0.3, -0.25) is 10.1 Å². The number of nitrogens with zero attached hydrogens (tertiary/aromatic N) is 2. The van der Waals surface area contributed by atoms with Crippen molar-refractivity contribution >= 4 is 22.7 Å². The summed E-state index contributed by atoms with van der Waals surface area (Å²) in [4.78, 5) is 14.6. The van der Waals surface area contributed by atoms with Crippen molar-refractivity contribution in [2.75, 3.05) is 5.32 Å². The molecule has 0 saturated carbocycles. The molecule has 0 spiro atoms. The number of nitro groups is 1. The Kier molecular flexibility index (Phi) is 3.57. The summed E-state index contributed by atoms with van der Waals surface area (Å²) in [5, 5.41) is 16.9. The Bertz CT molecular complexity index is 580. The van der Waals surface area contributed by atoms with Gasteiger partial charge in [-0.05, 0) is 25.5 Å². The molecule has 5 nitrogen and oxygen atoms in total. The number of nitro benzene ring substituents is 1. The van der Waals surface area contributed by atoms with E-state index in [1.54, 1.807) is 23.5 Å². The molecule has 0 saturated heterocycles. The zero-order chi connectivity index (χ0) is 13.1. The second-order valence-corrected chi connectivity index (χ2v) is 5.03. The Hall–Kier alpha value is -1.95. The molecule has 0 bridgehead atoms. The van der Waals surface area contributed by atoms with Crippen LogP contribution >= 0.6 is 11.3 Å². The molecule has 2 rings (SSSR count). The van der Waals surface area contributed by atoms with Crippen LogP contribution in [0.1, 0.15) is 16.3 Å². The fourth-order valence-electron chi connectivity index (χ4n) is 1.63. The highest BCUT2D eigenvalue weighted by Crippen LogP contribution is 2.21. The van der Waals surface area contributed by atoms with Gasteiger partial charge in [-0.15, -0.1) is 11.3 Å². The third kappa shape index (κ3) is 2.84. The monoisotopic (exact) mass is 263 g/mol. The van der Waals surface area contributed by atoms with E-state index < -0.39 is 0 Å². The van der Waals surface area contributed by atoms with Gasteiger partial charge in [0.15, 0.2) is 0 Å². The molecule has 1 aromatic carbocycles. The molecular weight excluding hydrogens is 250 g/mol. The lowest BCUT2D eigenvalue weighted by atomic mass is 10.2. The van der Waals surface area contributed by atoms with Crippen LogP contribution in [0.3, 0.4) is 0 Å². The molecule has 1 N–H and O–H groups in total. The normalized spacial score (nSPS) is 10.3. The number of aryl methyl sites for hydroxylation is 2. The zero-order valence-corrected chi connectivity index (χ0v) is 11.0. The largest absolute Gasteiger partial charge is 0.379 e. The highest BCUT2D eigenvalue weighted by Gasteiger charge is 2.08. The summed E-state index contributed by atoms with van der Waals surface area (Å²) < 4.78 is 0. The average molecular weight is 263 g/mol. The van der Waals surface area contributed by atoms with Crippen molar-refractivity contribution in [1.82, 2.24) is 4.98 Å². The summed E-state index contributed by atoms with van der Waals surface area (Å²) in [6.45, 7) is 4.44. The molecule has 0 aliphatic heterocycles. The van der Waals surface area contributed by atoms with Crippen molar-refractivity contribution in [3.05, 3.63) is 50.0 Å². The van der Waals surface area contributed by atoms with Gasteiger partial charge in [0.1, 0.15) is 0 Å². The van der Waals surface area contributed by atoms with Crippen molar-refractivity contribution in [2.24, 2.45) is 0 Å². The molecule has 94 valence electrons. The molecule has 0 radical (unpaired) electrons. The second kappa shape index (κ2) is 5.14. The number of hydrogen-bond donors (Lipinski definition) is 1. The topological polar surface area (TPSA) is 68.1 Å². The van der Waals surface area contributed by atoms with E-state index in [4.69, 9.17) is 0 Å². The van der Waals surface area contributed by atoms with Crippen molar-refractivity contribution < 1.29 is 4.92 Å². The van der Waals surface area contributed by atoms with Crippen LogP contribution in [0.25, 0.3) is 0 Å². The maximum Gasteiger partial charge on any atom is 0.269 e. The Labute approximate surface area is 109 Å². The molecule has 6 heteroatoms. The summed E-state index contributed by atoms with van der Waals surface area (Å²) in [6.07, 6.45) is 0. The Morgan fingerprint density at radius 3 is 2.78 bits per heavy atom. The van der Waals surface area contributed by atoms with Crippen molar-refractivity contribution in [3.63, 3.8) is 0 Å². The third-order valence-corrected chi connectivity index (χ3v) is 3.37. The van der Waals surface area contributed by atoms with Crippen LogP contribution in [0, 0.1) is 24.0 Å². The molecule has 1 aromatic heterocycles. The standard InChI is InChI=1S/C12H13N3O2S/c1-8-5-11(15(16)17)3-4-12(8)13-6-10-7-18-9(2)14-10/h3-5,7,13H,6H2,1-2H3. The predicted octanol–water partition coefficient (Wildman–Crippen LogP) is 3.28. The third-order valence-electron chi connectivity index (χ3n) is 2.55. The molecule has 2 aromatic rings. The SMILES string of the molecule is Cc1nc(CNc2ccc([N+](=O)[O-])cc2C)cs1. The molecule has 0 aliphatic rings. The molecule has 0 aliphatic carbocycles. The Balaban J connectivity index is 2.08. The van der Waals surface area contributed by atoms with Crippen molar-refractivity contribution in [2.45, 2.75) is 20.4 Å². The summed E-state index contributed by atoms with van der Waals surface area (Å²) in [5.74, 6) is 0. The van der Waals surface area contributed by atoms with E-state index in [0.717, 1.165) is 22.0 Å². The van der Waals surface area contributed by atoms with Gasteiger partial charge in [0, 0.05) is 23.2 Å². The number of benzene rings is 1. The Morgan fingerprint density at radius 2 is 2.22 bits per heavy atom. The maximum absolute atomic E-state index is 10.6. The Morgan fingerprint density at radius 1 is 1.44 bits per heavy atom. The van der Waals surface area contributed by atoms with Crippen LogP contribution in [-0.4, -0.2) is 9.91 Å². The maximum atomic E-state index is 10.6. The molecule has 0 unspecified atom stereocenters. The lowest BCUT2D eigenvalue weighted by Gasteiger charge is -2.07. The number of aromatic nitrogens is 1. The summed E-state index contributed by atoms with van der Waals surface area (Å²) >= 11 is 1.61. The smallest absolute Gasteiger partial charge is 0.269 e. The second-order valence-electron chi connectivity index (χ2n) is 3.97. The first-order valence-corrected chi connectivity index (χ1v) is 6.34. The minimum atomic E-state index is -0.388. The number of anilines is 1. The minimum Gasteiger partial charge on any atom is -0.379 e. The fraction of sp³-hybridized carbons (Fsp3) is 0.250. The van der Waals surface area contributed by atoms with Gasteiger partial charge in [0.25, 0.3) is 5.69 Å². The molecule has 1 heterocycles. The minimum absolute atomic E-state index is 0.113. The van der Waals surface area contributed by atoms with Crippen molar-refractivity contribution in [3.8, 4) is 0 Å². The number of nitrogens with one attached hydrogen (secondary N) is 1. The molecule has 0 atom stereocenters. The predicted molar refractivity (Wildman–Crippen MR) is 72.0 cm³/mol. The van der Waals surface area contributed by atoms with E-state index in [-0.39, 0.29) is 10.6 Å². The lowest BCUT2D eigenvalue weighted by Crippen LogP contribution is -2.01. The van der Waals surface area contributed by atoms with Crippen LogP contribution in [0.2, 0.25) is 0 Å². The van der Waals surface area contributed by atoms with Gasteiger partial charge in [-0.1, -0.05) is 0 Å². The number of thiazole rings is 1. The number of rotatable bonds is 4. The van der Waals surface area contributed by atoms with Gasteiger partial charge in [0.05, 0.1) is 22.2 Å². The molecule has 0 amide bonds. The highest BCUT2D eigenvalue weighted by atomic mass is 32.1. The first-order valence-electron chi connectivity index (χ1n) is 5.46. The van der Waals surface area contributed by atoms with E-state index >= 15 is 0 Å². The summed E-state index contributed by atoms with van der Waals surface area (Å²) in [6, 6.07) is 4.79. The summed E-state index contributed by atoms with van der Waals surface area (Å²) in [5.41, 5.74) is 2.85. The first kappa shape index (κ1) is 12.5. The number of hydrogen-bond acceptors (Lipinski definition) is 5. The number of non-ortho nitro benzene ring substituents is 1. The van der Waals surface area contributed by atoms with Gasteiger partial charge < -0.3 is 5.32 Å². The van der Waals surface area contributed by atoms with E-state index in [2.05, 4.69) is 10.3 Å². The van der Waals surface area contributed by atoms with Crippen LogP contribution < -0.4 is 5.32 Å². The van der Waals surface area contributed by atoms with Crippen LogP contribution in [-0.2, 0) is 6.54 Å². The average Bonchev–Trinajstić information content (AvgIpc) is 2.73. The summed E-state index contributed by atoms with van der Waals surface area (Å²) in [7, 11) is 0. The van der Waals surface area contributed by atoms with Gasteiger partial charge >= 0.3 is 0 Å². The van der Waals surface area contributed by atoms with E-state index in [9.17, 15) is 10.1 Å². The zero-order valence-electron chi connectivity index (χ0n) is 10.1. The molecular formula is C12H13N3O2S. The van der Waals surface area contributed by atoms with Crippen molar-refractivity contribution in [1.29, 1.82) is 0 Å². The molecule has 0 fully saturated rings. The van der Waals surface area contributed by atoms with Gasteiger partial charge in [-0.2, -0.15) is 0 Å². The van der Waals surface area contributed by atoms with Gasteiger partial charge in [0.2, 0.25) is 0 Å². The molecule has 18 heavy (non-hydrogen) atoms. The van der Waals surface area contributed by atoms with Crippen LogP contribution in [0.15, 0.2) is 23.6 Å². The fourth-order valence-corrected chi connectivity index (χ4v) is 2.25. The quantitative estimate of drug-likeness (QED) is 0.679. The first-order chi connectivity index (χ1) is 8.56. The lowest BCUT2D eigenvalue weighted by molar-refractivity contribution is -0.384. The van der Waals surface area contributed by atoms with Gasteiger partial charge in [-0.25, -0.2) is 4.98 Å².